The van der Waals surface area contributed by atoms with Crippen LogP contribution in [0, 0.1) is 5.92 Å². The summed E-state index contributed by atoms with van der Waals surface area (Å²) in [4.78, 5) is 26.2. The van der Waals surface area contributed by atoms with Crippen LogP contribution in [0.3, 0.4) is 0 Å². The summed E-state index contributed by atoms with van der Waals surface area (Å²) in [6.07, 6.45) is 6.87. The summed E-state index contributed by atoms with van der Waals surface area (Å²) >= 11 is 1.59. The number of amides is 2. The van der Waals surface area contributed by atoms with Crippen molar-refractivity contribution in [1.82, 2.24) is 10.6 Å². The number of fused-ring (bicyclic) bond motifs is 1. The van der Waals surface area contributed by atoms with E-state index in [0.717, 1.165) is 55.5 Å². The highest BCUT2D eigenvalue weighted by Crippen LogP contribution is 2.39. The first-order valence-corrected chi connectivity index (χ1v) is 9.86. The Morgan fingerprint density at radius 1 is 1.25 bits per heavy atom. The molecule has 1 atom stereocenters. The Balaban J connectivity index is 1.84. The second-order valence-electron chi connectivity index (χ2n) is 6.81. The second-order valence-corrected chi connectivity index (χ2v) is 7.91. The van der Waals surface area contributed by atoms with Crippen LogP contribution in [0.2, 0.25) is 0 Å². The molecule has 1 aromatic heterocycles. The summed E-state index contributed by atoms with van der Waals surface area (Å²) in [6, 6.07) is 0.404. The number of unbranched alkanes of at least 4 members (excludes halogenated alkanes) is 1. The molecule has 0 radical (unpaired) electrons. The number of thiophene rings is 1. The minimum Gasteiger partial charge on any atom is -0.352 e. The summed E-state index contributed by atoms with van der Waals surface area (Å²) < 4.78 is 0. The number of hydrogen-bond donors (Lipinski definition) is 3. The highest BCUT2D eigenvalue weighted by atomic mass is 32.1. The molecule has 132 valence electrons. The minimum atomic E-state index is -0.0381. The lowest BCUT2D eigenvalue weighted by Crippen LogP contribution is -2.33. The van der Waals surface area contributed by atoms with Crippen molar-refractivity contribution in [1.29, 1.82) is 0 Å². The Morgan fingerprint density at radius 2 is 2.04 bits per heavy atom. The molecule has 2 aliphatic rings. The predicted octanol–water partition coefficient (Wildman–Crippen LogP) is 2.70. The molecule has 3 rings (SSSR count). The molecule has 2 amide bonds. The van der Waals surface area contributed by atoms with Crippen molar-refractivity contribution < 1.29 is 9.59 Å². The van der Waals surface area contributed by atoms with Crippen LogP contribution in [0.5, 0.6) is 0 Å². The smallest absolute Gasteiger partial charge is 0.254 e. The topological polar surface area (TPSA) is 70.2 Å². The van der Waals surface area contributed by atoms with E-state index in [1.807, 2.05) is 7.05 Å². The van der Waals surface area contributed by atoms with Crippen molar-refractivity contribution >= 4 is 28.2 Å². The normalized spacial score (nSPS) is 19.7. The van der Waals surface area contributed by atoms with Gasteiger partial charge in [-0.2, -0.15) is 0 Å². The van der Waals surface area contributed by atoms with Gasteiger partial charge < -0.3 is 16.0 Å². The predicted molar refractivity (Wildman–Crippen MR) is 97.8 cm³/mol. The lowest BCUT2D eigenvalue weighted by atomic mass is 9.91. The summed E-state index contributed by atoms with van der Waals surface area (Å²) in [5, 5.41) is 10.1. The molecule has 1 unspecified atom stereocenters. The average Bonchev–Trinajstić information content (AvgIpc) is 3.36. The molecule has 0 bridgehead atoms. The van der Waals surface area contributed by atoms with Gasteiger partial charge >= 0.3 is 0 Å². The van der Waals surface area contributed by atoms with Crippen molar-refractivity contribution in [3.8, 4) is 0 Å². The molecule has 6 heteroatoms. The zero-order valence-electron chi connectivity index (χ0n) is 14.5. The highest BCUT2D eigenvalue weighted by molar-refractivity contribution is 7.17. The maximum Gasteiger partial charge on any atom is 0.254 e. The van der Waals surface area contributed by atoms with Gasteiger partial charge in [-0.1, -0.05) is 13.3 Å². The van der Waals surface area contributed by atoms with Gasteiger partial charge in [-0.3, -0.25) is 9.59 Å². The Labute approximate surface area is 147 Å². The van der Waals surface area contributed by atoms with Crippen molar-refractivity contribution in [3.05, 3.63) is 16.0 Å². The SMILES string of the molecule is CCCCNC(=O)c1c(NC(=O)C2CC2)sc2c1CC(NC)CC2. The highest BCUT2D eigenvalue weighted by Gasteiger charge is 2.33. The number of rotatable bonds is 7. The van der Waals surface area contributed by atoms with E-state index < -0.39 is 0 Å². The molecule has 0 saturated heterocycles. The number of likely N-dealkylation sites (N-methyl/N-ethyl adjacent to an activating group) is 1. The molecule has 5 nitrogen and oxygen atoms in total. The van der Waals surface area contributed by atoms with Crippen LogP contribution in [0.1, 0.15) is 59.8 Å². The van der Waals surface area contributed by atoms with Gasteiger partial charge in [0, 0.05) is 23.4 Å². The van der Waals surface area contributed by atoms with Crippen LogP contribution in [0.15, 0.2) is 0 Å². The largest absolute Gasteiger partial charge is 0.352 e. The monoisotopic (exact) mass is 349 g/mol. The third-order valence-corrected chi connectivity index (χ3v) is 6.10. The molecular formula is C18H27N3O2S. The second kappa shape index (κ2) is 7.66. The number of carbonyl (C=O) groups is 2. The van der Waals surface area contributed by atoms with E-state index in [4.69, 9.17) is 0 Å². The Hall–Kier alpha value is -1.40. The van der Waals surface area contributed by atoms with E-state index in [1.54, 1.807) is 11.3 Å². The Morgan fingerprint density at radius 3 is 2.71 bits per heavy atom. The molecule has 0 aromatic carbocycles. The summed E-state index contributed by atoms with van der Waals surface area (Å²) in [5.41, 5.74) is 1.84. The van der Waals surface area contributed by atoms with Crippen LogP contribution in [0.25, 0.3) is 0 Å². The first-order valence-electron chi connectivity index (χ1n) is 9.04. The average molecular weight is 350 g/mol. The molecule has 1 saturated carbocycles. The third kappa shape index (κ3) is 3.81. The van der Waals surface area contributed by atoms with E-state index in [1.165, 1.54) is 4.88 Å². The molecule has 1 heterocycles. The zero-order valence-corrected chi connectivity index (χ0v) is 15.4. The number of nitrogens with one attached hydrogen (secondary N) is 3. The maximum absolute atomic E-state index is 12.8. The van der Waals surface area contributed by atoms with Gasteiger partial charge in [0.2, 0.25) is 5.91 Å². The lowest BCUT2D eigenvalue weighted by molar-refractivity contribution is -0.117. The number of carbonyl (C=O) groups excluding carboxylic acids is 2. The van der Waals surface area contributed by atoms with Crippen LogP contribution < -0.4 is 16.0 Å². The van der Waals surface area contributed by atoms with Gasteiger partial charge in [0.15, 0.2) is 0 Å². The van der Waals surface area contributed by atoms with Gasteiger partial charge in [-0.15, -0.1) is 11.3 Å². The quantitative estimate of drug-likeness (QED) is 0.663. The van der Waals surface area contributed by atoms with Crippen LogP contribution in [-0.4, -0.2) is 31.4 Å². The van der Waals surface area contributed by atoms with Gasteiger partial charge in [-0.05, 0) is 51.1 Å². The maximum atomic E-state index is 12.8. The molecule has 0 aliphatic heterocycles. The van der Waals surface area contributed by atoms with Crippen LogP contribution >= 0.6 is 11.3 Å². The van der Waals surface area contributed by atoms with Crippen LogP contribution in [0.4, 0.5) is 5.00 Å². The minimum absolute atomic E-state index is 0.0381. The first-order chi connectivity index (χ1) is 11.6. The van der Waals surface area contributed by atoms with E-state index in [9.17, 15) is 9.59 Å². The molecular weight excluding hydrogens is 322 g/mol. The molecule has 3 N–H and O–H groups in total. The molecule has 2 aliphatic carbocycles. The fourth-order valence-corrected chi connectivity index (χ4v) is 4.43. The number of aryl methyl sites for hydroxylation is 1. The fourth-order valence-electron chi connectivity index (χ4n) is 3.19. The van der Waals surface area contributed by atoms with Crippen LogP contribution in [-0.2, 0) is 17.6 Å². The number of anilines is 1. The van der Waals surface area contributed by atoms with Crippen molar-refractivity contribution in [2.75, 3.05) is 18.9 Å². The molecule has 24 heavy (non-hydrogen) atoms. The van der Waals surface area contributed by atoms with Gasteiger partial charge in [0.1, 0.15) is 5.00 Å². The summed E-state index contributed by atoms with van der Waals surface area (Å²) in [7, 11) is 1.97. The summed E-state index contributed by atoms with van der Waals surface area (Å²) in [6.45, 7) is 2.79. The van der Waals surface area contributed by atoms with Gasteiger partial charge in [0.25, 0.3) is 5.91 Å². The van der Waals surface area contributed by atoms with E-state index in [2.05, 4.69) is 22.9 Å². The van der Waals surface area contributed by atoms with Gasteiger partial charge in [0.05, 0.1) is 5.56 Å². The Bertz CT molecular complexity index is 622. The molecule has 1 fully saturated rings. The van der Waals surface area contributed by atoms with Crippen molar-refractivity contribution in [3.63, 3.8) is 0 Å². The van der Waals surface area contributed by atoms with Crippen molar-refractivity contribution in [2.45, 2.75) is 57.9 Å². The van der Waals surface area contributed by atoms with Crippen molar-refractivity contribution in [2.24, 2.45) is 5.92 Å². The molecule has 0 spiro atoms. The van der Waals surface area contributed by atoms with E-state index >= 15 is 0 Å². The zero-order chi connectivity index (χ0) is 17.1. The first kappa shape index (κ1) is 17.4. The third-order valence-electron chi connectivity index (χ3n) is 4.90. The van der Waals surface area contributed by atoms with E-state index in [-0.39, 0.29) is 17.7 Å². The van der Waals surface area contributed by atoms with Gasteiger partial charge in [-0.25, -0.2) is 0 Å². The lowest BCUT2D eigenvalue weighted by Gasteiger charge is -2.22. The summed E-state index contributed by atoms with van der Waals surface area (Å²) in [5.74, 6) is 0.176. The van der Waals surface area contributed by atoms with E-state index in [0.29, 0.717) is 18.2 Å². The number of hydrogen-bond acceptors (Lipinski definition) is 4. The Kier molecular flexibility index (Phi) is 5.56. The fraction of sp³-hybridized carbons (Fsp3) is 0.667. The standard InChI is InChI=1S/C18H27N3O2S/c1-3-4-9-20-17(23)15-13-10-12(19-2)7-8-14(13)24-18(15)21-16(22)11-5-6-11/h11-12,19H,3-10H2,1-2H3,(H,20,23)(H,21,22). The molecule has 1 aromatic rings.